The van der Waals surface area contributed by atoms with Crippen molar-refractivity contribution in [2.45, 2.75) is 26.6 Å². The number of halogens is 1. The van der Waals surface area contributed by atoms with Gasteiger partial charge in [0.15, 0.2) is 0 Å². The van der Waals surface area contributed by atoms with Gasteiger partial charge in [-0.15, -0.1) is 0 Å². The molecule has 0 saturated carbocycles. The van der Waals surface area contributed by atoms with Crippen LogP contribution in [0.1, 0.15) is 32.7 Å². The zero-order valence-corrected chi connectivity index (χ0v) is 18.8. The molecule has 0 aliphatic carbocycles. The van der Waals surface area contributed by atoms with Crippen LogP contribution in [0.15, 0.2) is 66.7 Å². The van der Waals surface area contributed by atoms with Crippen molar-refractivity contribution in [3.63, 3.8) is 0 Å². The molecular formula is C26H25ClN2O3. The number of benzene rings is 3. The number of carbonyl (C=O) groups is 1. The van der Waals surface area contributed by atoms with E-state index in [1.54, 1.807) is 7.11 Å². The average Bonchev–Trinajstić information content (AvgIpc) is 3.09. The molecule has 0 unspecified atom stereocenters. The number of nitrogens with zero attached hydrogens (tertiary/aromatic N) is 1. The number of hydrogen-bond acceptors (Lipinski definition) is 3. The summed E-state index contributed by atoms with van der Waals surface area (Å²) in [6, 6.07) is 21.5. The highest BCUT2D eigenvalue weighted by atomic mass is 35.5. The van der Waals surface area contributed by atoms with Crippen LogP contribution in [0.25, 0.3) is 10.9 Å². The van der Waals surface area contributed by atoms with Crippen molar-refractivity contribution in [2.24, 2.45) is 0 Å². The molecule has 1 aromatic heterocycles. The molecule has 5 nitrogen and oxygen atoms in total. The van der Waals surface area contributed by atoms with E-state index in [2.05, 4.69) is 5.32 Å². The molecule has 0 radical (unpaired) electrons. The van der Waals surface area contributed by atoms with Gasteiger partial charge < -0.3 is 19.7 Å². The van der Waals surface area contributed by atoms with Gasteiger partial charge in [-0.05, 0) is 42.3 Å². The summed E-state index contributed by atoms with van der Waals surface area (Å²) in [7, 11) is 1.61. The molecule has 4 aromatic rings. The topological polar surface area (TPSA) is 63.5 Å². The van der Waals surface area contributed by atoms with E-state index in [0.29, 0.717) is 30.4 Å². The lowest BCUT2D eigenvalue weighted by Gasteiger charge is -2.11. The molecule has 0 bridgehead atoms. The number of aromatic carboxylic acids is 1. The van der Waals surface area contributed by atoms with Crippen LogP contribution in [-0.2, 0) is 19.6 Å². The summed E-state index contributed by atoms with van der Waals surface area (Å²) >= 11 is 5.97. The molecule has 32 heavy (non-hydrogen) atoms. The van der Waals surface area contributed by atoms with E-state index < -0.39 is 5.97 Å². The minimum atomic E-state index is -0.949. The lowest BCUT2D eigenvalue weighted by Crippen LogP contribution is -2.17. The Kier molecular flexibility index (Phi) is 6.49. The van der Waals surface area contributed by atoms with Gasteiger partial charge in [0.1, 0.15) is 11.4 Å². The van der Waals surface area contributed by atoms with Gasteiger partial charge in [-0.3, -0.25) is 0 Å². The molecular weight excluding hydrogens is 424 g/mol. The van der Waals surface area contributed by atoms with Crippen LogP contribution in [0.2, 0.25) is 5.02 Å². The van der Waals surface area contributed by atoms with E-state index in [1.165, 1.54) is 5.56 Å². The molecule has 0 saturated heterocycles. The summed E-state index contributed by atoms with van der Waals surface area (Å²) in [4.78, 5) is 12.4. The number of aromatic nitrogens is 1. The standard InChI is InChI=1S/C26H25ClN2O3/c1-17-3-5-19(6-4-17)16-29-24-13-21(32-2)11-12-22(24)23(25(29)26(30)31)15-28-14-18-7-9-20(27)10-8-18/h3-13,28H,14-16H2,1-2H3,(H,30,31). The molecule has 0 fully saturated rings. The lowest BCUT2D eigenvalue weighted by atomic mass is 10.1. The first-order valence-corrected chi connectivity index (χ1v) is 10.8. The van der Waals surface area contributed by atoms with Crippen molar-refractivity contribution in [2.75, 3.05) is 7.11 Å². The van der Waals surface area contributed by atoms with Gasteiger partial charge in [0.2, 0.25) is 0 Å². The first kappa shape index (κ1) is 21.9. The second-order valence-corrected chi connectivity index (χ2v) is 8.25. The second kappa shape index (κ2) is 9.47. The summed E-state index contributed by atoms with van der Waals surface area (Å²) in [6.45, 7) is 3.53. The molecule has 3 aromatic carbocycles. The van der Waals surface area contributed by atoms with Gasteiger partial charge in [0.25, 0.3) is 0 Å². The molecule has 0 amide bonds. The number of carboxylic acid groups (broad SMARTS) is 1. The maximum Gasteiger partial charge on any atom is 0.352 e. The fourth-order valence-corrected chi connectivity index (χ4v) is 4.05. The number of aryl methyl sites for hydroxylation is 1. The van der Waals surface area contributed by atoms with Crippen molar-refractivity contribution in [3.8, 4) is 5.75 Å². The van der Waals surface area contributed by atoms with Crippen molar-refractivity contribution < 1.29 is 14.6 Å². The number of ether oxygens (including phenoxy) is 1. The largest absolute Gasteiger partial charge is 0.497 e. The molecule has 6 heteroatoms. The van der Waals surface area contributed by atoms with Gasteiger partial charge in [-0.2, -0.15) is 0 Å². The molecule has 2 N–H and O–H groups in total. The van der Waals surface area contributed by atoms with Gasteiger partial charge >= 0.3 is 5.97 Å². The summed E-state index contributed by atoms with van der Waals surface area (Å²) in [5.41, 5.74) is 5.17. The number of rotatable bonds is 8. The van der Waals surface area contributed by atoms with Gasteiger partial charge in [0, 0.05) is 41.7 Å². The van der Waals surface area contributed by atoms with Crippen LogP contribution in [0.4, 0.5) is 0 Å². The van der Waals surface area contributed by atoms with Crippen LogP contribution < -0.4 is 10.1 Å². The molecule has 0 atom stereocenters. The minimum absolute atomic E-state index is 0.289. The van der Waals surface area contributed by atoms with Crippen molar-refractivity contribution >= 4 is 28.5 Å². The zero-order valence-electron chi connectivity index (χ0n) is 18.1. The van der Waals surface area contributed by atoms with Crippen molar-refractivity contribution in [3.05, 3.63) is 99.7 Å². The van der Waals surface area contributed by atoms with Gasteiger partial charge in [-0.1, -0.05) is 53.6 Å². The Balaban J connectivity index is 1.73. The molecule has 1 heterocycles. The Morgan fingerprint density at radius 2 is 1.69 bits per heavy atom. The third-order valence-corrected chi connectivity index (χ3v) is 5.84. The predicted octanol–water partition coefficient (Wildman–Crippen LogP) is 5.65. The molecule has 0 spiro atoms. The number of methoxy groups -OCH3 is 1. The van der Waals surface area contributed by atoms with E-state index in [0.717, 1.165) is 27.6 Å². The fourth-order valence-electron chi connectivity index (χ4n) is 3.93. The predicted molar refractivity (Wildman–Crippen MR) is 128 cm³/mol. The first-order chi connectivity index (χ1) is 15.5. The van der Waals surface area contributed by atoms with Crippen molar-refractivity contribution in [1.82, 2.24) is 9.88 Å². The third-order valence-electron chi connectivity index (χ3n) is 5.58. The van der Waals surface area contributed by atoms with Crippen LogP contribution in [0, 0.1) is 6.92 Å². The Bertz CT molecular complexity index is 1250. The Hall–Kier alpha value is -3.28. The quantitative estimate of drug-likeness (QED) is 0.365. The zero-order chi connectivity index (χ0) is 22.7. The molecule has 0 aliphatic rings. The third kappa shape index (κ3) is 4.64. The van der Waals surface area contributed by atoms with Crippen LogP contribution >= 0.6 is 11.6 Å². The highest BCUT2D eigenvalue weighted by Crippen LogP contribution is 2.31. The molecule has 4 rings (SSSR count). The summed E-state index contributed by atoms with van der Waals surface area (Å²) in [6.07, 6.45) is 0. The monoisotopic (exact) mass is 448 g/mol. The number of carboxylic acids is 1. The molecule has 0 aliphatic heterocycles. The summed E-state index contributed by atoms with van der Waals surface area (Å²) in [5.74, 6) is -0.256. The van der Waals surface area contributed by atoms with Crippen molar-refractivity contribution in [1.29, 1.82) is 0 Å². The smallest absolute Gasteiger partial charge is 0.352 e. The Labute approximate surface area is 192 Å². The lowest BCUT2D eigenvalue weighted by molar-refractivity contribution is 0.0684. The number of hydrogen-bond donors (Lipinski definition) is 2. The van der Waals surface area contributed by atoms with Gasteiger partial charge in [-0.25, -0.2) is 4.79 Å². The fraction of sp³-hybridized carbons (Fsp3) is 0.192. The highest BCUT2D eigenvalue weighted by Gasteiger charge is 2.23. The van der Waals surface area contributed by atoms with Gasteiger partial charge in [0.05, 0.1) is 12.6 Å². The summed E-state index contributed by atoms with van der Waals surface area (Å²) < 4.78 is 7.28. The van der Waals surface area contributed by atoms with Crippen LogP contribution in [-0.4, -0.2) is 22.8 Å². The van der Waals surface area contributed by atoms with Crippen LogP contribution in [0.3, 0.4) is 0 Å². The Morgan fingerprint density at radius 1 is 1.00 bits per heavy atom. The van der Waals surface area contributed by atoms with E-state index in [1.807, 2.05) is 78.2 Å². The van der Waals surface area contributed by atoms with E-state index in [4.69, 9.17) is 16.3 Å². The number of fused-ring (bicyclic) bond motifs is 1. The SMILES string of the molecule is COc1ccc2c(CNCc3ccc(Cl)cc3)c(C(=O)O)n(Cc3ccc(C)cc3)c2c1. The number of nitrogens with one attached hydrogen (secondary N) is 1. The minimum Gasteiger partial charge on any atom is -0.497 e. The highest BCUT2D eigenvalue weighted by molar-refractivity contribution is 6.30. The van der Waals surface area contributed by atoms with Crippen LogP contribution in [0.5, 0.6) is 5.75 Å². The summed E-state index contributed by atoms with van der Waals surface area (Å²) in [5, 5.41) is 15.1. The maximum absolute atomic E-state index is 12.4. The van der Waals surface area contributed by atoms with E-state index >= 15 is 0 Å². The average molecular weight is 449 g/mol. The van der Waals surface area contributed by atoms with E-state index in [-0.39, 0.29) is 5.69 Å². The maximum atomic E-state index is 12.4. The van der Waals surface area contributed by atoms with E-state index in [9.17, 15) is 9.90 Å². The second-order valence-electron chi connectivity index (χ2n) is 7.82. The molecule has 164 valence electrons. The first-order valence-electron chi connectivity index (χ1n) is 10.4. The Morgan fingerprint density at radius 3 is 2.34 bits per heavy atom. The normalized spacial score (nSPS) is 11.1.